The third kappa shape index (κ3) is 6.28. The number of nitrogens with zero attached hydrogens (tertiary/aromatic N) is 1. The minimum atomic E-state index is -0.562. The molecule has 6 nitrogen and oxygen atoms in total. The lowest BCUT2D eigenvalue weighted by Gasteiger charge is -2.21. The number of amides is 2. The number of primary amides is 1. The van der Waals surface area contributed by atoms with Gasteiger partial charge in [0.05, 0.1) is 13.2 Å². The highest BCUT2D eigenvalue weighted by atomic mass is 16.5. The molecule has 0 atom stereocenters. The number of benzene rings is 1. The third-order valence-corrected chi connectivity index (χ3v) is 3.41. The van der Waals surface area contributed by atoms with Crippen molar-refractivity contribution < 1.29 is 19.1 Å². The summed E-state index contributed by atoms with van der Waals surface area (Å²) in [5.74, 6) is 0.125. The molecule has 0 unspecified atom stereocenters. The van der Waals surface area contributed by atoms with Crippen LogP contribution in [-0.2, 0) is 14.3 Å². The molecule has 0 aliphatic heterocycles. The number of nitrogens with two attached hydrogens (primary N) is 1. The normalized spacial score (nSPS) is 10.7. The van der Waals surface area contributed by atoms with Crippen LogP contribution >= 0.6 is 0 Å². The van der Waals surface area contributed by atoms with Crippen molar-refractivity contribution in [1.29, 1.82) is 0 Å². The van der Waals surface area contributed by atoms with Crippen LogP contribution in [0.3, 0.4) is 0 Å². The van der Waals surface area contributed by atoms with Crippen molar-refractivity contribution in [2.75, 3.05) is 33.4 Å². The largest absolute Gasteiger partial charge is 0.483 e. The van der Waals surface area contributed by atoms with Crippen molar-refractivity contribution in [2.24, 2.45) is 5.73 Å². The Morgan fingerprint density at radius 2 is 2.00 bits per heavy atom. The van der Waals surface area contributed by atoms with Crippen LogP contribution in [0.2, 0.25) is 0 Å². The molecule has 1 aromatic rings. The number of hydrogen-bond acceptors (Lipinski definition) is 4. The van der Waals surface area contributed by atoms with Gasteiger partial charge in [0, 0.05) is 13.7 Å². The van der Waals surface area contributed by atoms with Gasteiger partial charge in [-0.2, -0.15) is 0 Å². The summed E-state index contributed by atoms with van der Waals surface area (Å²) in [6.07, 6.45) is 0. The molecule has 1 aromatic carbocycles. The van der Waals surface area contributed by atoms with E-state index in [1.165, 1.54) is 12.0 Å². The molecule has 1 rings (SSSR count). The second-order valence-electron chi connectivity index (χ2n) is 5.76. The Morgan fingerprint density at radius 3 is 2.57 bits per heavy atom. The summed E-state index contributed by atoms with van der Waals surface area (Å²) in [4.78, 5) is 24.7. The standard InChI is InChI=1S/C17H26N2O4/c1-12(2)14-6-5-13(3)9-15(14)23-11-17(21)19(7-8-22-4)10-16(18)20/h5-6,9,12H,7-8,10-11H2,1-4H3,(H2,18,20). The molecule has 23 heavy (non-hydrogen) atoms. The average molecular weight is 322 g/mol. The summed E-state index contributed by atoms with van der Waals surface area (Å²) in [6, 6.07) is 5.93. The van der Waals surface area contributed by atoms with E-state index in [9.17, 15) is 9.59 Å². The van der Waals surface area contributed by atoms with Crippen molar-refractivity contribution in [3.05, 3.63) is 29.3 Å². The molecule has 6 heteroatoms. The smallest absolute Gasteiger partial charge is 0.261 e. The summed E-state index contributed by atoms with van der Waals surface area (Å²) in [5, 5.41) is 0. The van der Waals surface area contributed by atoms with E-state index in [0.717, 1.165) is 11.1 Å². The molecule has 0 bridgehead atoms. The maximum absolute atomic E-state index is 12.3. The molecular formula is C17H26N2O4. The van der Waals surface area contributed by atoms with Crippen LogP contribution in [0.4, 0.5) is 0 Å². The average Bonchev–Trinajstić information content (AvgIpc) is 2.48. The highest BCUT2D eigenvalue weighted by molar-refractivity contribution is 5.84. The fourth-order valence-electron chi connectivity index (χ4n) is 2.16. The monoisotopic (exact) mass is 322 g/mol. The van der Waals surface area contributed by atoms with Gasteiger partial charge in [-0.1, -0.05) is 26.0 Å². The maximum Gasteiger partial charge on any atom is 0.261 e. The zero-order valence-electron chi connectivity index (χ0n) is 14.3. The van der Waals surface area contributed by atoms with Crippen LogP contribution < -0.4 is 10.5 Å². The van der Waals surface area contributed by atoms with E-state index in [1.54, 1.807) is 0 Å². The molecular weight excluding hydrogens is 296 g/mol. The first-order chi connectivity index (χ1) is 10.8. The van der Waals surface area contributed by atoms with E-state index in [2.05, 4.69) is 13.8 Å². The quantitative estimate of drug-likeness (QED) is 0.746. The van der Waals surface area contributed by atoms with Gasteiger partial charge in [0.2, 0.25) is 5.91 Å². The Bertz CT molecular complexity index is 543. The Labute approximate surface area is 137 Å². The molecule has 0 aromatic heterocycles. The minimum absolute atomic E-state index is 0.139. The Morgan fingerprint density at radius 1 is 1.30 bits per heavy atom. The molecule has 0 saturated carbocycles. The molecule has 0 aliphatic carbocycles. The molecule has 2 N–H and O–H groups in total. The maximum atomic E-state index is 12.3. The summed E-state index contributed by atoms with van der Waals surface area (Å²) in [7, 11) is 1.53. The van der Waals surface area contributed by atoms with Gasteiger partial charge in [-0.25, -0.2) is 0 Å². The van der Waals surface area contributed by atoms with E-state index < -0.39 is 5.91 Å². The SMILES string of the molecule is COCCN(CC(N)=O)C(=O)COc1cc(C)ccc1C(C)C. The summed E-state index contributed by atoms with van der Waals surface area (Å²) in [5.41, 5.74) is 7.28. The molecule has 128 valence electrons. The highest BCUT2D eigenvalue weighted by Gasteiger charge is 2.17. The minimum Gasteiger partial charge on any atom is -0.483 e. The summed E-state index contributed by atoms with van der Waals surface area (Å²) < 4.78 is 10.6. The van der Waals surface area contributed by atoms with Crippen LogP contribution in [0.1, 0.15) is 30.9 Å². The lowest BCUT2D eigenvalue weighted by Crippen LogP contribution is -2.42. The van der Waals surface area contributed by atoms with Gasteiger partial charge in [0.25, 0.3) is 5.91 Å². The first kappa shape index (κ1) is 19.0. The number of carbonyl (C=O) groups is 2. The second-order valence-corrected chi connectivity index (χ2v) is 5.76. The lowest BCUT2D eigenvalue weighted by atomic mass is 10.0. The first-order valence-corrected chi connectivity index (χ1v) is 7.63. The van der Waals surface area contributed by atoms with Crippen molar-refractivity contribution >= 4 is 11.8 Å². The van der Waals surface area contributed by atoms with Crippen molar-refractivity contribution in [3.63, 3.8) is 0 Å². The molecule has 2 amide bonds. The molecule has 0 fully saturated rings. The molecule has 0 radical (unpaired) electrons. The van der Waals surface area contributed by atoms with E-state index in [4.69, 9.17) is 15.2 Å². The lowest BCUT2D eigenvalue weighted by molar-refractivity contribution is -0.137. The summed E-state index contributed by atoms with van der Waals surface area (Å²) >= 11 is 0. The Balaban J connectivity index is 2.76. The molecule has 0 aliphatic rings. The zero-order valence-corrected chi connectivity index (χ0v) is 14.3. The number of carbonyl (C=O) groups excluding carboxylic acids is 2. The second kappa shape index (κ2) is 9.15. The van der Waals surface area contributed by atoms with E-state index >= 15 is 0 Å². The van der Waals surface area contributed by atoms with Crippen molar-refractivity contribution in [2.45, 2.75) is 26.7 Å². The predicted octanol–water partition coefficient (Wildman–Crippen LogP) is 1.46. The van der Waals surface area contributed by atoms with Crippen LogP contribution in [-0.4, -0.2) is 50.1 Å². The number of aryl methyl sites for hydroxylation is 1. The zero-order chi connectivity index (χ0) is 17.4. The number of methoxy groups -OCH3 is 1. The van der Waals surface area contributed by atoms with E-state index in [0.29, 0.717) is 18.9 Å². The van der Waals surface area contributed by atoms with Gasteiger partial charge in [-0.05, 0) is 30.0 Å². The van der Waals surface area contributed by atoms with Gasteiger partial charge >= 0.3 is 0 Å². The van der Waals surface area contributed by atoms with Crippen molar-refractivity contribution in [3.8, 4) is 5.75 Å². The Hall–Kier alpha value is -2.08. The molecule has 0 saturated heterocycles. The van der Waals surface area contributed by atoms with Gasteiger partial charge in [0.1, 0.15) is 5.75 Å². The summed E-state index contributed by atoms with van der Waals surface area (Å²) in [6.45, 7) is 6.45. The number of hydrogen-bond donors (Lipinski definition) is 1. The highest BCUT2D eigenvalue weighted by Crippen LogP contribution is 2.27. The number of rotatable bonds is 9. The number of ether oxygens (including phenoxy) is 2. The predicted molar refractivity (Wildman–Crippen MR) is 88.4 cm³/mol. The van der Waals surface area contributed by atoms with Crippen LogP contribution in [0.5, 0.6) is 5.75 Å². The topological polar surface area (TPSA) is 81.9 Å². The fraction of sp³-hybridized carbons (Fsp3) is 0.529. The third-order valence-electron chi connectivity index (χ3n) is 3.41. The van der Waals surface area contributed by atoms with Gasteiger partial charge in [-0.15, -0.1) is 0 Å². The van der Waals surface area contributed by atoms with Crippen LogP contribution in [0, 0.1) is 6.92 Å². The van der Waals surface area contributed by atoms with Gasteiger partial charge in [-0.3, -0.25) is 9.59 Å². The first-order valence-electron chi connectivity index (χ1n) is 7.63. The van der Waals surface area contributed by atoms with Gasteiger partial charge in [0.15, 0.2) is 6.61 Å². The van der Waals surface area contributed by atoms with E-state index in [1.807, 2.05) is 25.1 Å². The molecule has 0 heterocycles. The fourth-order valence-corrected chi connectivity index (χ4v) is 2.16. The molecule has 0 spiro atoms. The van der Waals surface area contributed by atoms with Crippen molar-refractivity contribution in [1.82, 2.24) is 4.90 Å². The van der Waals surface area contributed by atoms with E-state index in [-0.39, 0.29) is 25.0 Å². The van der Waals surface area contributed by atoms with Crippen LogP contribution in [0.25, 0.3) is 0 Å². The van der Waals surface area contributed by atoms with Gasteiger partial charge < -0.3 is 20.1 Å². The Kier molecular flexibility index (Phi) is 7.54. The van der Waals surface area contributed by atoms with Crippen LogP contribution in [0.15, 0.2) is 18.2 Å².